The summed E-state index contributed by atoms with van der Waals surface area (Å²) in [5.74, 6) is 0.301. The number of benzene rings is 1. The fourth-order valence-corrected chi connectivity index (χ4v) is 2.89. The van der Waals surface area contributed by atoms with E-state index in [2.05, 4.69) is 15.5 Å². The number of aromatic nitrogens is 2. The SMILES string of the molecule is N#CCSCC(=O)Nc1nnc(-c2ccccc2Cl)s1. The molecule has 2 aromatic rings. The van der Waals surface area contributed by atoms with Crippen molar-refractivity contribution < 1.29 is 4.79 Å². The van der Waals surface area contributed by atoms with Gasteiger partial charge >= 0.3 is 0 Å². The van der Waals surface area contributed by atoms with E-state index in [4.69, 9.17) is 16.9 Å². The van der Waals surface area contributed by atoms with E-state index in [1.54, 1.807) is 6.07 Å². The van der Waals surface area contributed by atoms with Crippen molar-refractivity contribution in [3.8, 4) is 16.6 Å². The van der Waals surface area contributed by atoms with Gasteiger partial charge in [0.15, 0.2) is 5.01 Å². The molecule has 0 unspecified atom stereocenters. The molecule has 0 radical (unpaired) electrons. The number of nitriles is 1. The normalized spacial score (nSPS) is 10.0. The molecule has 1 amide bonds. The predicted octanol–water partition coefficient (Wildman–Crippen LogP) is 3.05. The second kappa shape index (κ2) is 7.24. The first-order chi connectivity index (χ1) is 9.70. The zero-order valence-corrected chi connectivity index (χ0v) is 12.6. The van der Waals surface area contributed by atoms with E-state index in [9.17, 15) is 4.79 Å². The maximum Gasteiger partial charge on any atom is 0.236 e. The Labute approximate surface area is 129 Å². The lowest BCUT2D eigenvalue weighted by atomic mass is 10.2. The van der Waals surface area contributed by atoms with Gasteiger partial charge in [0.25, 0.3) is 0 Å². The average molecular weight is 325 g/mol. The molecule has 1 N–H and O–H groups in total. The fourth-order valence-electron chi connectivity index (χ4n) is 1.36. The summed E-state index contributed by atoms with van der Waals surface area (Å²) in [5.41, 5.74) is 0.783. The number of hydrogen-bond donors (Lipinski definition) is 1. The molecule has 1 aromatic heterocycles. The molecule has 1 aromatic carbocycles. The van der Waals surface area contributed by atoms with Gasteiger partial charge in [-0.15, -0.1) is 22.0 Å². The molecular weight excluding hydrogens is 316 g/mol. The Balaban J connectivity index is 2.01. The molecule has 102 valence electrons. The fraction of sp³-hybridized carbons (Fsp3) is 0.167. The number of amides is 1. The second-order valence-electron chi connectivity index (χ2n) is 3.59. The average Bonchev–Trinajstić information content (AvgIpc) is 2.88. The predicted molar refractivity (Wildman–Crippen MR) is 81.9 cm³/mol. The number of carbonyl (C=O) groups is 1. The van der Waals surface area contributed by atoms with Gasteiger partial charge in [-0.05, 0) is 6.07 Å². The van der Waals surface area contributed by atoms with Crippen LogP contribution in [-0.4, -0.2) is 27.6 Å². The van der Waals surface area contributed by atoms with Crippen LogP contribution in [0.3, 0.4) is 0 Å². The summed E-state index contributed by atoms with van der Waals surface area (Å²) in [6.07, 6.45) is 0. The molecule has 0 saturated heterocycles. The Morgan fingerprint density at radius 2 is 2.25 bits per heavy atom. The van der Waals surface area contributed by atoms with Crippen LogP contribution in [0, 0.1) is 11.3 Å². The number of thioether (sulfide) groups is 1. The van der Waals surface area contributed by atoms with Crippen LogP contribution < -0.4 is 5.32 Å². The zero-order valence-electron chi connectivity index (χ0n) is 10.2. The van der Waals surface area contributed by atoms with Gasteiger partial charge in [0, 0.05) is 5.56 Å². The van der Waals surface area contributed by atoms with Crippen LogP contribution in [0.5, 0.6) is 0 Å². The van der Waals surface area contributed by atoms with Crippen molar-refractivity contribution in [2.24, 2.45) is 0 Å². The summed E-state index contributed by atoms with van der Waals surface area (Å²) < 4.78 is 0. The Bertz CT molecular complexity index is 653. The zero-order chi connectivity index (χ0) is 14.4. The van der Waals surface area contributed by atoms with Crippen LogP contribution in [-0.2, 0) is 4.79 Å². The Hall–Kier alpha value is -1.62. The van der Waals surface area contributed by atoms with Crippen molar-refractivity contribution in [2.75, 3.05) is 16.8 Å². The topological polar surface area (TPSA) is 78.7 Å². The third-order valence-electron chi connectivity index (χ3n) is 2.18. The standard InChI is InChI=1S/C12H9ClN4OS2/c13-9-4-2-1-3-8(9)11-16-17-12(20-11)15-10(18)7-19-6-5-14/h1-4H,6-7H2,(H,15,17,18). The lowest BCUT2D eigenvalue weighted by molar-refractivity contribution is -0.113. The monoisotopic (exact) mass is 324 g/mol. The lowest BCUT2D eigenvalue weighted by Crippen LogP contribution is -2.14. The van der Waals surface area contributed by atoms with E-state index >= 15 is 0 Å². The Morgan fingerprint density at radius 1 is 1.45 bits per heavy atom. The first kappa shape index (κ1) is 14.8. The number of nitrogens with zero attached hydrogens (tertiary/aromatic N) is 3. The second-order valence-corrected chi connectivity index (χ2v) is 5.96. The maximum absolute atomic E-state index is 11.6. The highest BCUT2D eigenvalue weighted by molar-refractivity contribution is 8.00. The van der Waals surface area contributed by atoms with Crippen LogP contribution in [0.4, 0.5) is 5.13 Å². The number of halogens is 1. The maximum atomic E-state index is 11.6. The summed E-state index contributed by atoms with van der Waals surface area (Å²) in [5, 5.41) is 20.6. The highest BCUT2D eigenvalue weighted by atomic mass is 35.5. The lowest BCUT2D eigenvalue weighted by Gasteiger charge is -1.98. The molecular formula is C12H9ClN4OS2. The third kappa shape index (κ3) is 3.93. The molecule has 0 fully saturated rings. The van der Waals surface area contributed by atoms with Gasteiger partial charge in [0.2, 0.25) is 11.0 Å². The van der Waals surface area contributed by atoms with Crippen LogP contribution >= 0.6 is 34.7 Å². The quantitative estimate of drug-likeness (QED) is 0.855. The van der Waals surface area contributed by atoms with Crippen molar-refractivity contribution >= 4 is 45.7 Å². The number of hydrogen-bond acceptors (Lipinski definition) is 6. The van der Waals surface area contributed by atoms with Crippen LogP contribution in [0.1, 0.15) is 0 Å². The van der Waals surface area contributed by atoms with E-state index in [0.29, 0.717) is 15.2 Å². The van der Waals surface area contributed by atoms with Gasteiger partial charge in [0.1, 0.15) is 0 Å². The van der Waals surface area contributed by atoms with E-state index < -0.39 is 0 Å². The molecule has 20 heavy (non-hydrogen) atoms. The smallest absolute Gasteiger partial charge is 0.236 e. The van der Waals surface area contributed by atoms with Gasteiger partial charge in [-0.25, -0.2) is 0 Å². The molecule has 1 heterocycles. The van der Waals surface area contributed by atoms with Gasteiger partial charge in [-0.2, -0.15) is 5.26 Å². The van der Waals surface area contributed by atoms with Crippen molar-refractivity contribution in [2.45, 2.75) is 0 Å². The largest absolute Gasteiger partial charge is 0.300 e. The summed E-state index contributed by atoms with van der Waals surface area (Å²) >= 11 is 8.58. The summed E-state index contributed by atoms with van der Waals surface area (Å²) in [7, 11) is 0. The van der Waals surface area contributed by atoms with Gasteiger partial charge < -0.3 is 0 Å². The molecule has 0 bridgehead atoms. The third-order valence-corrected chi connectivity index (χ3v) is 4.18. The van der Waals surface area contributed by atoms with E-state index in [-0.39, 0.29) is 17.4 Å². The van der Waals surface area contributed by atoms with E-state index in [0.717, 1.165) is 5.56 Å². The van der Waals surface area contributed by atoms with Crippen LogP contribution in [0.25, 0.3) is 10.6 Å². The summed E-state index contributed by atoms with van der Waals surface area (Å²) in [6, 6.07) is 9.27. The van der Waals surface area contributed by atoms with E-state index in [1.165, 1.54) is 23.1 Å². The minimum Gasteiger partial charge on any atom is -0.300 e. The minimum atomic E-state index is -0.202. The van der Waals surface area contributed by atoms with Crippen molar-refractivity contribution in [1.29, 1.82) is 5.26 Å². The minimum absolute atomic E-state index is 0.202. The summed E-state index contributed by atoms with van der Waals surface area (Å²) in [4.78, 5) is 11.6. The van der Waals surface area contributed by atoms with Crippen molar-refractivity contribution in [3.05, 3.63) is 29.3 Å². The number of anilines is 1. The van der Waals surface area contributed by atoms with Crippen molar-refractivity contribution in [3.63, 3.8) is 0 Å². The van der Waals surface area contributed by atoms with Gasteiger partial charge in [-0.3, -0.25) is 10.1 Å². The molecule has 2 rings (SSSR count). The molecule has 8 heteroatoms. The molecule has 0 spiro atoms. The van der Waals surface area contributed by atoms with Gasteiger partial charge in [-0.1, -0.05) is 41.1 Å². The Morgan fingerprint density at radius 3 is 3.00 bits per heavy atom. The van der Waals surface area contributed by atoms with Gasteiger partial charge in [0.05, 0.1) is 22.6 Å². The number of rotatable bonds is 5. The van der Waals surface area contributed by atoms with E-state index in [1.807, 2.05) is 24.3 Å². The highest BCUT2D eigenvalue weighted by Gasteiger charge is 2.11. The molecule has 0 saturated carbocycles. The molecule has 0 aliphatic heterocycles. The van der Waals surface area contributed by atoms with Crippen LogP contribution in [0.15, 0.2) is 24.3 Å². The number of carbonyl (C=O) groups excluding carboxylic acids is 1. The van der Waals surface area contributed by atoms with Crippen molar-refractivity contribution in [1.82, 2.24) is 10.2 Å². The molecule has 0 aliphatic carbocycles. The highest BCUT2D eigenvalue weighted by Crippen LogP contribution is 2.31. The molecule has 5 nitrogen and oxygen atoms in total. The molecule has 0 atom stereocenters. The van der Waals surface area contributed by atoms with Crippen LogP contribution in [0.2, 0.25) is 5.02 Å². The molecule has 0 aliphatic rings. The number of nitrogens with one attached hydrogen (secondary N) is 1. The first-order valence-electron chi connectivity index (χ1n) is 5.53. The summed E-state index contributed by atoms with van der Waals surface area (Å²) in [6.45, 7) is 0. The Kier molecular flexibility index (Phi) is 5.35. The first-order valence-corrected chi connectivity index (χ1v) is 7.88.